The number of benzene rings is 1. The van der Waals surface area contributed by atoms with Gasteiger partial charge >= 0.3 is 0 Å². The van der Waals surface area contributed by atoms with Crippen molar-refractivity contribution in [2.24, 2.45) is 5.92 Å². The average Bonchev–Trinajstić information content (AvgIpc) is 2.75. The van der Waals surface area contributed by atoms with E-state index in [0.717, 1.165) is 17.3 Å². The second-order valence-electron chi connectivity index (χ2n) is 6.04. The molecule has 1 heterocycles. The van der Waals surface area contributed by atoms with Crippen LogP contribution in [0.15, 0.2) is 24.3 Å². The second kappa shape index (κ2) is 5.61. The quantitative estimate of drug-likeness (QED) is 0.836. The van der Waals surface area contributed by atoms with Gasteiger partial charge in [0.25, 0.3) is 0 Å². The van der Waals surface area contributed by atoms with Crippen molar-refractivity contribution in [2.45, 2.75) is 46.0 Å². The minimum Gasteiger partial charge on any atom is -0.390 e. The summed E-state index contributed by atoms with van der Waals surface area (Å²) in [5, 5.41) is 1.01. The minimum absolute atomic E-state index is 0.806. The van der Waals surface area contributed by atoms with Gasteiger partial charge in [-0.05, 0) is 48.3 Å². The van der Waals surface area contributed by atoms with Gasteiger partial charge < -0.3 is 5.73 Å². The molecule has 0 saturated heterocycles. The van der Waals surface area contributed by atoms with Crippen molar-refractivity contribution < 1.29 is 0 Å². The number of anilines is 1. The van der Waals surface area contributed by atoms with E-state index in [9.17, 15) is 0 Å². The van der Waals surface area contributed by atoms with Crippen molar-refractivity contribution in [3.63, 3.8) is 0 Å². The molecule has 0 radical (unpaired) electrons. The predicted octanol–water partition coefficient (Wildman–Crippen LogP) is 5.07. The average molecular weight is 285 g/mol. The largest absolute Gasteiger partial charge is 0.390 e. The minimum atomic E-state index is 0.806. The Balaban J connectivity index is 1.97. The molecule has 20 heavy (non-hydrogen) atoms. The summed E-state index contributed by atoms with van der Waals surface area (Å²) in [4.78, 5) is 1.52. The molecule has 1 unspecified atom stereocenters. The summed E-state index contributed by atoms with van der Waals surface area (Å²) in [7, 11) is 0. The smallest absolute Gasteiger partial charge is 0.0941 e. The van der Waals surface area contributed by atoms with E-state index in [0.29, 0.717) is 0 Å². The summed E-state index contributed by atoms with van der Waals surface area (Å²) < 4.78 is 0. The lowest BCUT2D eigenvalue weighted by atomic mass is 9.86. The molecule has 0 spiro atoms. The first-order valence-electron chi connectivity index (χ1n) is 7.68. The molecular formula is C18H23NS. The van der Waals surface area contributed by atoms with Gasteiger partial charge in [-0.15, -0.1) is 11.3 Å². The summed E-state index contributed by atoms with van der Waals surface area (Å²) in [5.41, 5.74) is 11.9. The Labute approximate surface area is 125 Å². The number of nitrogen functional groups attached to an aromatic ring is 1. The van der Waals surface area contributed by atoms with Gasteiger partial charge in [0, 0.05) is 10.4 Å². The van der Waals surface area contributed by atoms with E-state index >= 15 is 0 Å². The van der Waals surface area contributed by atoms with Crippen LogP contribution in [0.1, 0.15) is 42.7 Å². The van der Waals surface area contributed by atoms with Crippen LogP contribution in [-0.4, -0.2) is 0 Å². The van der Waals surface area contributed by atoms with Crippen LogP contribution in [0.25, 0.3) is 11.1 Å². The number of nitrogens with two attached hydrogens (primary N) is 1. The number of hydrogen-bond acceptors (Lipinski definition) is 2. The molecule has 1 aromatic heterocycles. The molecule has 0 aliphatic heterocycles. The van der Waals surface area contributed by atoms with Crippen LogP contribution >= 0.6 is 11.3 Å². The SMILES string of the molecule is CCCc1ccc(-c2c(N)sc3c2CCC(C)C3)cc1. The molecule has 3 rings (SSSR count). The van der Waals surface area contributed by atoms with Gasteiger partial charge in [-0.1, -0.05) is 44.5 Å². The van der Waals surface area contributed by atoms with Gasteiger partial charge in [-0.2, -0.15) is 0 Å². The molecule has 0 bridgehead atoms. The maximum Gasteiger partial charge on any atom is 0.0941 e. The highest BCUT2D eigenvalue weighted by Crippen LogP contribution is 2.43. The zero-order valence-electron chi connectivity index (χ0n) is 12.4. The lowest BCUT2D eigenvalue weighted by Crippen LogP contribution is -2.09. The van der Waals surface area contributed by atoms with Gasteiger partial charge in [0.2, 0.25) is 0 Å². The van der Waals surface area contributed by atoms with Crippen molar-refractivity contribution in [3.8, 4) is 11.1 Å². The zero-order valence-corrected chi connectivity index (χ0v) is 13.2. The van der Waals surface area contributed by atoms with E-state index in [2.05, 4.69) is 38.1 Å². The second-order valence-corrected chi connectivity index (χ2v) is 7.17. The maximum absolute atomic E-state index is 6.31. The molecule has 2 aromatic rings. The Morgan fingerprint density at radius 1 is 1.25 bits per heavy atom. The van der Waals surface area contributed by atoms with Crippen molar-refractivity contribution in [2.75, 3.05) is 5.73 Å². The molecule has 2 N–H and O–H groups in total. The highest BCUT2D eigenvalue weighted by atomic mass is 32.1. The van der Waals surface area contributed by atoms with E-state index < -0.39 is 0 Å². The molecule has 1 aliphatic carbocycles. The summed E-state index contributed by atoms with van der Waals surface area (Å²) in [5.74, 6) is 0.806. The van der Waals surface area contributed by atoms with E-state index in [4.69, 9.17) is 5.73 Å². The Morgan fingerprint density at radius 2 is 2.00 bits per heavy atom. The first-order valence-corrected chi connectivity index (χ1v) is 8.50. The summed E-state index contributed by atoms with van der Waals surface area (Å²) in [6.07, 6.45) is 6.06. The first kappa shape index (κ1) is 13.7. The Hall–Kier alpha value is -1.28. The number of aryl methyl sites for hydroxylation is 1. The van der Waals surface area contributed by atoms with Crippen LogP contribution in [0, 0.1) is 5.92 Å². The molecule has 1 aromatic carbocycles. The Bertz CT molecular complexity index is 595. The van der Waals surface area contributed by atoms with Crippen molar-refractivity contribution in [1.29, 1.82) is 0 Å². The monoisotopic (exact) mass is 285 g/mol. The molecule has 1 nitrogen and oxygen atoms in total. The summed E-state index contributed by atoms with van der Waals surface area (Å²) >= 11 is 1.81. The van der Waals surface area contributed by atoms with E-state index in [1.54, 1.807) is 0 Å². The molecule has 0 saturated carbocycles. The van der Waals surface area contributed by atoms with Crippen LogP contribution in [-0.2, 0) is 19.3 Å². The molecule has 106 valence electrons. The van der Waals surface area contributed by atoms with Gasteiger partial charge in [0.15, 0.2) is 0 Å². The molecular weight excluding hydrogens is 262 g/mol. The van der Waals surface area contributed by atoms with E-state index in [-0.39, 0.29) is 0 Å². The number of hydrogen-bond donors (Lipinski definition) is 1. The summed E-state index contributed by atoms with van der Waals surface area (Å²) in [6, 6.07) is 9.02. The lowest BCUT2D eigenvalue weighted by Gasteiger charge is -2.19. The third kappa shape index (κ3) is 2.49. The van der Waals surface area contributed by atoms with Gasteiger partial charge in [0.1, 0.15) is 0 Å². The molecule has 1 atom stereocenters. The molecule has 0 amide bonds. The van der Waals surface area contributed by atoms with Crippen molar-refractivity contribution >= 4 is 16.3 Å². The van der Waals surface area contributed by atoms with Crippen LogP contribution in [0.2, 0.25) is 0 Å². The molecule has 1 aliphatic rings. The number of fused-ring (bicyclic) bond motifs is 1. The topological polar surface area (TPSA) is 26.0 Å². The Morgan fingerprint density at radius 3 is 2.70 bits per heavy atom. The number of thiophene rings is 1. The van der Waals surface area contributed by atoms with Crippen LogP contribution in [0.4, 0.5) is 5.00 Å². The fourth-order valence-electron chi connectivity index (χ4n) is 3.22. The highest BCUT2D eigenvalue weighted by Gasteiger charge is 2.23. The van der Waals surface area contributed by atoms with Gasteiger partial charge in [-0.25, -0.2) is 0 Å². The lowest BCUT2D eigenvalue weighted by molar-refractivity contribution is 0.508. The highest BCUT2D eigenvalue weighted by molar-refractivity contribution is 7.16. The maximum atomic E-state index is 6.31. The van der Waals surface area contributed by atoms with Gasteiger partial charge in [-0.3, -0.25) is 0 Å². The predicted molar refractivity (Wildman–Crippen MR) is 89.4 cm³/mol. The van der Waals surface area contributed by atoms with Crippen molar-refractivity contribution in [3.05, 3.63) is 40.3 Å². The zero-order chi connectivity index (χ0) is 14.1. The Kier molecular flexibility index (Phi) is 3.84. The standard InChI is InChI=1S/C18H23NS/c1-3-4-13-6-8-14(9-7-13)17-15-10-5-12(2)11-16(15)20-18(17)19/h6-9,12H,3-5,10-11,19H2,1-2H3. The first-order chi connectivity index (χ1) is 9.69. The third-order valence-corrected chi connectivity index (χ3v) is 5.40. The van der Waals surface area contributed by atoms with Crippen LogP contribution in [0.5, 0.6) is 0 Å². The van der Waals surface area contributed by atoms with Gasteiger partial charge in [0.05, 0.1) is 5.00 Å². The molecule has 2 heteroatoms. The molecule has 0 fully saturated rings. The van der Waals surface area contributed by atoms with E-state index in [1.165, 1.54) is 52.8 Å². The van der Waals surface area contributed by atoms with Crippen LogP contribution < -0.4 is 5.73 Å². The third-order valence-electron chi connectivity index (χ3n) is 4.32. The fourth-order valence-corrected chi connectivity index (χ4v) is 4.52. The fraction of sp³-hybridized carbons (Fsp3) is 0.444. The van der Waals surface area contributed by atoms with Crippen LogP contribution in [0.3, 0.4) is 0 Å². The normalized spacial score (nSPS) is 18.0. The van der Waals surface area contributed by atoms with Crippen molar-refractivity contribution in [1.82, 2.24) is 0 Å². The summed E-state index contributed by atoms with van der Waals surface area (Å²) in [6.45, 7) is 4.57. The van der Waals surface area contributed by atoms with E-state index in [1.807, 2.05) is 11.3 Å². The number of rotatable bonds is 3.